The zero-order chi connectivity index (χ0) is 13.4. The van der Waals surface area contributed by atoms with Gasteiger partial charge in [-0.2, -0.15) is 0 Å². The molecule has 0 bridgehead atoms. The number of aliphatic hydroxyl groups excluding tert-OH is 1. The smallest absolute Gasteiger partial charge is 0.213 e. The highest BCUT2D eigenvalue weighted by Gasteiger charge is 2.16. The van der Waals surface area contributed by atoms with E-state index in [4.69, 9.17) is 5.11 Å². The van der Waals surface area contributed by atoms with Crippen molar-refractivity contribution in [3.05, 3.63) is 35.9 Å². The fraction of sp³-hybridized carbons (Fsp3) is 0.538. The zero-order valence-electron chi connectivity index (χ0n) is 10.7. The van der Waals surface area contributed by atoms with E-state index in [1.165, 1.54) is 4.31 Å². The van der Waals surface area contributed by atoms with Gasteiger partial charge < -0.3 is 5.11 Å². The molecule has 0 saturated heterocycles. The number of aliphatic hydroxyl groups is 1. The number of unbranched alkanes of at least 4 members (excludes halogenated alkanes) is 1. The van der Waals surface area contributed by atoms with Crippen molar-refractivity contribution in [2.45, 2.75) is 19.3 Å². The van der Waals surface area contributed by atoms with Crippen LogP contribution in [0, 0.1) is 0 Å². The van der Waals surface area contributed by atoms with Crippen molar-refractivity contribution in [2.75, 3.05) is 26.0 Å². The van der Waals surface area contributed by atoms with Crippen molar-refractivity contribution < 1.29 is 13.5 Å². The Labute approximate surface area is 109 Å². The Morgan fingerprint density at radius 2 is 1.83 bits per heavy atom. The van der Waals surface area contributed by atoms with Crippen molar-refractivity contribution in [2.24, 2.45) is 0 Å². The molecule has 1 N–H and O–H groups in total. The summed E-state index contributed by atoms with van der Waals surface area (Å²) in [5, 5.41) is 8.65. The van der Waals surface area contributed by atoms with Crippen LogP contribution < -0.4 is 0 Å². The maximum Gasteiger partial charge on any atom is 0.213 e. The Balaban J connectivity index is 2.42. The Morgan fingerprint density at radius 1 is 1.17 bits per heavy atom. The van der Waals surface area contributed by atoms with Gasteiger partial charge in [0.15, 0.2) is 0 Å². The second kappa shape index (κ2) is 7.51. The van der Waals surface area contributed by atoms with Gasteiger partial charge in [0.2, 0.25) is 10.0 Å². The standard InChI is InChI=1S/C13H21NO3S/c1-14(18(16,17)12-6-5-11-15)10-9-13-7-3-2-4-8-13/h2-4,7-8,15H,5-6,9-12H2,1H3. The summed E-state index contributed by atoms with van der Waals surface area (Å²) in [6.45, 7) is 0.536. The third kappa shape index (κ3) is 5.16. The van der Waals surface area contributed by atoms with E-state index in [1.54, 1.807) is 7.05 Å². The lowest BCUT2D eigenvalue weighted by Gasteiger charge is -2.16. The average Bonchev–Trinajstić information content (AvgIpc) is 2.37. The molecule has 0 fully saturated rings. The van der Waals surface area contributed by atoms with Crippen LogP contribution in [0.3, 0.4) is 0 Å². The van der Waals surface area contributed by atoms with Crippen molar-refractivity contribution in [1.82, 2.24) is 4.31 Å². The second-order valence-electron chi connectivity index (χ2n) is 4.30. The molecule has 0 saturated carbocycles. The molecule has 0 heterocycles. The predicted molar refractivity (Wildman–Crippen MR) is 72.9 cm³/mol. The van der Waals surface area contributed by atoms with Crippen LogP contribution in [-0.4, -0.2) is 43.8 Å². The Morgan fingerprint density at radius 3 is 2.44 bits per heavy atom. The predicted octanol–water partition coefficient (Wildman–Crippen LogP) is 1.26. The van der Waals surface area contributed by atoms with Gasteiger partial charge in [0.05, 0.1) is 5.75 Å². The molecular formula is C13H21NO3S. The van der Waals surface area contributed by atoms with Crippen LogP contribution in [-0.2, 0) is 16.4 Å². The van der Waals surface area contributed by atoms with Gasteiger partial charge in [-0.05, 0) is 24.8 Å². The lowest BCUT2D eigenvalue weighted by molar-refractivity contribution is 0.287. The second-order valence-corrected chi connectivity index (χ2v) is 6.50. The summed E-state index contributed by atoms with van der Waals surface area (Å²) >= 11 is 0. The molecule has 1 rings (SSSR count). The van der Waals surface area contributed by atoms with E-state index in [9.17, 15) is 8.42 Å². The number of likely N-dealkylation sites (N-methyl/N-ethyl adjacent to an activating group) is 1. The highest BCUT2D eigenvalue weighted by atomic mass is 32.2. The molecule has 1 aromatic carbocycles. The van der Waals surface area contributed by atoms with E-state index in [0.29, 0.717) is 19.4 Å². The summed E-state index contributed by atoms with van der Waals surface area (Å²) in [5.74, 6) is 0.110. The maximum absolute atomic E-state index is 11.9. The number of rotatable bonds is 8. The molecule has 0 aliphatic heterocycles. The van der Waals surface area contributed by atoms with Crippen molar-refractivity contribution in [1.29, 1.82) is 0 Å². The summed E-state index contributed by atoms with van der Waals surface area (Å²) < 4.78 is 25.1. The van der Waals surface area contributed by atoms with Gasteiger partial charge in [-0.1, -0.05) is 30.3 Å². The van der Waals surface area contributed by atoms with Crippen molar-refractivity contribution in [3.63, 3.8) is 0 Å². The minimum Gasteiger partial charge on any atom is -0.396 e. The molecular weight excluding hydrogens is 250 g/mol. The Hall–Kier alpha value is -0.910. The van der Waals surface area contributed by atoms with Gasteiger partial charge in [-0.25, -0.2) is 12.7 Å². The maximum atomic E-state index is 11.9. The van der Waals surface area contributed by atoms with Crippen LogP contribution in [0.1, 0.15) is 18.4 Å². The van der Waals surface area contributed by atoms with Crippen molar-refractivity contribution >= 4 is 10.0 Å². The first-order valence-electron chi connectivity index (χ1n) is 6.15. The molecule has 4 nitrogen and oxygen atoms in total. The van der Waals surface area contributed by atoms with Crippen LogP contribution in [0.15, 0.2) is 30.3 Å². The van der Waals surface area contributed by atoms with E-state index in [2.05, 4.69) is 0 Å². The highest BCUT2D eigenvalue weighted by molar-refractivity contribution is 7.89. The van der Waals surface area contributed by atoms with Gasteiger partial charge in [0.1, 0.15) is 0 Å². The summed E-state index contributed by atoms with van der Waals surface area (Å²) in [6, 6.07) is 9.83. The number of hydrogen-bond donors (Lipinski definition) is 1. The molecule has 5 heteroatoms. The summed E-state index contributed by atoms with van der Waals surface area (Å²) in [7, 11) is -1.57. The zero-order valence-corrected chi connectivity index (χ0v) is 11.6. The van der Waals surface area contributed by atoms with Gasteiger partial charge in [-0.15, -0.1) is 0 Å². The topological polar surface area (TPSA) is 57.6 Å². The molecule has 0 unspecified atom stereocenters. The number of sulfonamides is 1. The minimum absolute atomic E-state index is 0.0449. The van der Waals surface area contributed by atoms with Crippen LogP contribution in [0.5, 0.6) is 0 Å². The highest BCUT2D eigenvalue weighted by Crippen LogP contribution is 2.06. The molecule has 0 aliphatic rings. The summed E-state index contributed by atoms with van der Waals surface area (Å²) in [4.78, 5) is 0. The van der Waals surface area contributed by atoms with Crippen LogP contribution >= 0.6 is 0 Å². The Kier molecular flexibility index (Phi) is 6.32. The van der Waals surface area contributed by atoms with E-state index >= 15 is 0 Å². The van der Waals surface area contributed by atoms with Gasteiger partial charge in [-0.3, -0.25) is 0 Å². The quantitative estimate of drug-likeness (QED) is 0.724. The number of hydrogen-bond acceptors (Lipinski definition) is 3. The molecule has 0 amide bonds. The van der Waals surface area contributed by atoms with E-state index in [0.717, 1.165) is 12.0 Å². The fourth-order valence-electron chi connectivity index (χ4n) is 1.62. The third-order valence-corrected chi connectivity index (χ3v) is 4.78. The molecule has 0 aromatic heterocycles. The lowest BCUT2D eigenvalue weighted by atomic mass is 10.2. The van der Waals surface area contributed by atoms with Crippen LogP contribution in [0.4, 0.5) is 0 Å². The van der Waals surface area contributed by atoms with Gasteiger partial charge in [0.25, 0.3) is 0 Å². The van der Waals surface area contributed by atoms with Crippen LogP contribution in [0.2, 0.25) is 0 Å². The first-order chi connectivity index (χ1) is 8.56. The fourth-order valence-corrected chi connectivity index (χ4v) is 2.87. The molecule has 0 aliphatic carbocycles. The number of benzene rings is 1. The van der Waals surface area contributed by atoms with E-state index in [1.807, 2.05) is 30.3 Å². The lowest BCUT2D eigenvalue weighted by Crippen LogP contribution is -2.31. The van der Waals surface area contributed by atoms with E-state index in [-0.39, 0.29) is 12.4 Å². The van der Waals surface area contributed by atoms with E-state index < -0.39 is 10.0 Å². The molecule has 18 heavy (non-hydrogen) atoms. The monoisotopic (exact) mass is 271 g/mol. The largest absolute Gasteiger partial charge is 0.396 e. The molecule has 0 radical (unpaired) electrons. The van der Waals surface area contributed by atoms with Gasteiger partial charge >= 0.3 is 0 Å². The Bertz CT molecular complexity index is 431. The third-order valence-electron chi connectivity index (χ3n) is 2.84. The number of nitrogens with zero attached hydrogens (tertiary/aromatic N) is 1. The normalized spacial score (nSPS) is 11.9. The summed E-state index contributed by atoms with van der Waals surface area (Å²) in [6.07, 6.45) is 1.76. The average molecular weight is 271 g/mol. The summed E-state index contributed by atoms with van der Waals surface area (Å²) in [5.41, 5.74) is 1.13. The minimum atomic E-state index is -3.18. The molecule has 1 aromatic rings. The molecule has 0 atom stereocenters. The first-order valence-corrected chi connectivity index (χ1v) is 7.76. The molecule has 0 spiro atoms. The molecule has 102 valence electrons. The van der Waals surface area contributed by atoms with Crippen LogP contribution in [0.25, 0.3) is 0 Å². The van der Waals surface area contributed by atoms with Crippen molar-refractivity contribution in [3.8, 4) is 0 Å². The van der Waals surface area contributed by atoms with Gasteiger partial charge in [0, 0.05) is 20.2 Å². The SMILES string of the molecule is CN(CCc1ccccc1)S(=O)(=O)CCCCO. The first kappa shape index (κ1) is 15.1.